The van der Waals surface area contributed by atoms with Gasteiger partial charge in [-0.1, -0.05) is 65.9 Å². The average molecular weight is 562 g/mol. The number of nitrogens with zero attached hydrogens (tertiary/aromatic N) is 3. The summed E-state index contributed by atoms with van der Waals surface area (Å²) in [6.07, 6.45) is 3.40. The van der Waals surface area contributed by atoms with Gasteiger partial charge in [0.15, 0.2) is 4.80 Å². The predicted molar refractivity (Wildman–Crippen MR) is 157 cm³/mol. The summed E-state index contributed by atoms with van der Waals surface area (Å²) in [4.78, 5) is 30.8. The van der Waals surface area contributed by atoms with Crippen LogP contribution in [0.1, 0.15) is 34.9 Å². The van der Waals surface area contributed by atoms with E-state index in [1.165, 1.54) is 30.1 Å². The molecule has 5 aromatic rings. The van der Waals surface area contributed by atoms with E-state index in [1.807, 2.05) is 30.3 Å². The fourth-order valence-corrected chi connectivity index (χ4v) is 6.64. The highest BCUT2D eigenvalue weighted by molar-refractivity contribution is 7.07. The molecular weight excluding hydrogens is 538 g/mol. The van der Waals surface area contributed by atoms with Crippen LogP contribution in [-0.2, 0) is 6.42 Å². The highest BCUT2D eigenvalue weighted by atomic mass is 32.1. The molecule has 0 amide bonds. The molecule has 7 rings (SSSR count). The molecule has 41 heavy (non-hydrogen) atoms. The maximum atomic E-state index is 13.9. The lowest BCUT2D eigenvalue weighted by atomic mass is 9.83. The molecule has 9 heteroatoms. The highest BCUT2D eigenvalue weighted by Gasteiger charge is 2.32. The molecular formula is C32H23N3O5S. The number of nitro benzene ring substituents is 1. The molecule has 1 aliphatic carbocycles. The molecule has 3 aromatic carbocycles. The van der Waals surface area contributed by atoms with Gasteiger partial charge in [0.25, 0.3) is 11.2 Å². The number of allylic oxidation sites excluding steroid dienone is 1. The van der Waals surface area contributed by atoms with E-state index in [1.54, 1.807) is 34.9 Å². The first kappa shape index (κ1) is 25.0. The fourth-order valence-electron chi connectivity index (χ4n) is 5.66. The van der Waals surface area contributed by atoms with Gasteiger partial charge in [-0.2, -0.15) is 0 Å². The Morgan fingerprint density at radius 2 is 1.83 bits per heavy atom. The van der Waals surface area contributed by atoms with Gasteiger partial charge < -0.3 is 9.15 Å². The van der Waals surface area contributed by atoms with Gasteiger partial charge in [0.1, 0.15) is 17.3 Å². The third-order valence-corrected chi connectivity index (χ3v) is 8.54. The van der Waals surface area contributed by atoms with Crippen molar-refractivity contribution in [1.82, 2.24) is 4.57 Å². The summed E-state index contributed by atoms with van der Waals surface area (Å²) in [7, 11) is 1.46. The van der Waals surface area contributed by atoms with Crippen LogP contribution < -0.4 is 19.6 Å². The first-order valence-electron chi connectivity index (χ1n) is 13.1. The summed E-state index contributed by atoms with van der Waals surface area (Å²) in [5, 5.41) is 11.7. The first-order chi connectivity index (χ1) is 20.0. The van der Waals surface area contributed by atoms with Crippen LogP contribution in [0.4, 0.5) is 5.69 Å². The number of methoxy groups -OCH3 is 1. The number of furan rings is 1. The molecule has 0 bridgehead atoms. The van der Waals surface area contributed by atoms with E-state index in [0.717, 1.165) is 35.2 Å². The van der Waals surface area contributed by atoms with Gasteiger partial charge in [-0.3, -0.25) is 19.5 Å². The molecule has 1 aliphatic heterocycles. The summed E-state index contributed by atoms with van der Waals surface area (Å²) in [5.74, 6) is 1.12. The molecule has 0 saturated heterocycles. The number of ether oxygens (including phenoxy) is 1. The van der Waals surface area contributed by atoms with Gasteiger partial charge >= 0.3 is 0 Å². The number of thiazole rings is 1. The second-order valence-corrected chi connectivity index (χ2v) is 10.9. The van der Waals surface area contributed by atoms with Gasteiger partial charge in [0.2, 0.25) is 0 Å². The van der Waals surface area contributed by atoms with Crippen molar-refractivity contribution in [2.45, 2.75) is 18.9 Å². The van der Waals surface area contributed by atoms with E-state index >= 15 is 0 Å². The quantitative estimate of drug-likeness (QED) is 0.209. The lowest BCUT2D eigenvalue weighted by Gasteiger charge is -2.30. The Kier molecular flexibility index (Phi) is 6.01. The van der Waals surface area contributed by atoms with Gasteiger partial charge in [0, 0.05) is 11.6 Å². The van der Waals surface area contributed by atoms with Crippen molar-refractivity contribution in [3.63, 3.8) is 0 Å². The van der Waals surface area contributed by atoms with Crippen LogP contribution in [0.15, 0.2) is 105 Å². The second-order valence-electron chi connectivity index (χ2n) is 9.87. The second kappa shape index (κ2) is 9.87. The summed E-state index contributed by atoms with van der Waals surface area (Å²) in [5.41, 5.74) is 5.54. The van der Waals surface area contributed by atoms with Crippen LogP contribution in [0.2, 0.25) is 0 Å². The van der Waals surface area contributed by atoms with Crippen molar-refractivity contribution in [2.75, 3.05) is 7.11 Å². The minimum Gasteiger partial charge on any atom is -0.497 e. The van der Waals surface area contributed by atoms with E-state index in [2.05, 4.69) is 24.3 Å². The Morgan fingerprint density at radius 3 is 2.63 bits per heavy atom. The normalized spacial score (nSPS) is 16.0. The Hall–Kier alpha value is -5.02. The molecule has 3 heterocycles. The number of nitro groups is 1. The molecule has 0 spiro atoms. The minimum atomic E-state index is -0.471. The van der Waals surface area contributed by atoms with Gasteiger partial charge in [0.05, 0.1) is 39.9 Å². The SMILES string of the molecule is COc1ccc(-c2ccc(/C=c3\sc4n(c3=O)[C@H](c3ccccc3)C3=C(N=4)c4ccccc4CC3)o2)c([N+](=O)[O-])c1. The number of aromatic nitrogens is 1. The Balaban J connectivity index is 1.37. The third kappa shape index (κ3) is 4.22. The number of fused-ring (bicyclic) bond motifs is 3. The zero-order chi connectivity index (χ0) is 28.1. The zero-order valence-electron chi connectivity index (χ0n) is 21.9. The molecule has 0 unspecified atom stereocenters. The Morgan fingerprint density at radius 1 is 1.02 bits per heavy atom. The number of aryl methyl sites for hydroxylation is 1. The zero-order valence-corrected chi connectivity index (χ0v) is 22.8. The Labute approximate surface area is 238 Å². The van der Waals surface area contributed by atoms with Crippen molar-refractivity contribution in [3.05, 3.63) is 143 Å². The molecule has 0 N–H and O–H groups in total. The topological polar surface area (TPSA) is 99.9 Å². The molecule has 0 radical (unpaired) electrons. The largest absolute Gasteiger partial charge is 0.497 e. The molecule has 2 aromatic heterocycles. The van der Waals surface area contributed by atoms with Crippen LogP contribution in [0.25, 0.3) is 23.1 Å². The van der Waals surface area contributed by atoms with Crippen LogP contribution in [-0.4, -0.2) is 16.6 Å². The molecule has 2 aliphatic rings. The smallest absolute Gasteiger partial charge is 0.284 e. The first-order valence-corrected chi connectivity index (χ1v) is 13.9. The van der Waals surface area contributed by atoms with Gasteiger partial charge in [-0.15, -0.1) is 0 Å². The molecule has 8 nitrogen and oxygen atoms in total. The lowest BCUT2D eigenvalue weighted by Crippen LogP contribution is -2.38. The average Bonchev–Trinajstić information content (AvgIpc) is 3.60. The predicted octanol–water partition coefficient (Wildman–Crippen LogP) is 5.50. The van der Waals surface area contributed by atoms with Crippen molar-refractivity contribution < 1.29 is 14.1 Å². The van der Waals surface area contributed by atoms with Crippen molar-refractivity contribution in [3.8, 4) is 17.1 Å². The van der Waals surface area contributed by atoms with Crippen LogP contribution in [0.5, 0.6) is 5.75 Å². The van der Waals surface area contributed by atoms with E-state index in [0.29, 0.717) is 32.2 Å². The number of hydrogen-bond acceptors (Lipinski definition) is 7. The van der Waals surface area contributed by atoms with Crippen molar-refractivity contribution in [1.29, 1.82) is 0 Å². The van der Waals surface area contributed by atoms with Crippen LogP contribution >= 0.6 is 11.3 Å². The van der Waals surface area contributed by atoms with Gasteiger partial charge in [-0.25, -0.2) is 4.99 Å². The number of benzene rings is 3. The summed E-state index contributed by atoms with van der Waals surface area (Å²) < 4.78 is 13.4. The van der Waals surface area contributed by atoms with Crippen LogP contribution in [0, 0.1) is 10.1 Å². The standard InChI is InChI=1S/C32H23N3O5S/c1-39-21-12-15-24(26(17-21)35(37)38)27-16-13-22(40-27)18-28-31(36)34-30(20-8-3-2-4-9-20)25-14-11-19-7-5-6-10-23(19)29(25)33-32(34)41-28/h2-10,12-13,15-18,30H,11,14H2,1H3/b28-18-/t30-/m1/s1. The summed E-state index contributed by atoms with van der Waals surface area (Å²) >= 11 is 1.31. The molecule has 0 fully saturated rings. The lowest BCUT2D eigenvalue weighted by molar-refractivity contribution is -0.384. The molecule has 202 valence electrons. The van der Waals surface area contributed by atoms with Crippen molar-refractivity contribution >= 4 is 28.8 Å². The monoisotopic (exact) mass is 561 g/mol. The van der Waals surface area contributed by atoms with E-state index in [9.17, 15) is 14.9 Å². The molecule has 1 atom stereocenters. The maximum Gasteiger partial charge on any atom is 0.284 e. The Bertz CT molecular complexity index is 2050. The summed E-state index contributed by atoms with van der Waals surface area (Å²) in [6.45, 7) is 0. The van der Waals surface area contributed by atoms with Gasteiger partial charge in [-0.05, 0) is 53.8 Å². The fraction of sp³-hybridized carbons (Fsp3) is 0.125. The third-order valence-electron chi connectivity index (χ3n) is 7.56. The van der Waals surface area contributed by atoms with Crippen molar-refractivity contribution in [2.24, 2.45) is 4.99 Å². The van der Waals surface area contributed by atoms with E-state index in [4.69, 9.17) is 14.1 Å². The van der Waals surface area contributed by atoms with Crippen LogP contribution in [0.3, 0.4) is 0 Å². The minimum absolute atomic E-state index is 0.127. The summed E-state index contributed by atoms with van der Waals surface area (Å²) in [6, 6.07) is 26.1. The van der Waals surface area contributed by atoms with E-state index in [-0.39, 0.29) is 17.3 Å². The maximum absolute atomic E-state index is 13.9. The van der Waals surface area contributed by atoms with E-state index < -0.39 is 4.92 Å². The molecule has 0 saturated carbocycles. The number of hydrogen-bond donors (Lipinski definition) is 0. The highest BCUT2D eigenvalue weighted by Crippen LogP contribution is 2.41. The number of rotatable bonds is 5.